The molecule has 0 aliphatic carbocycles. The van der Waals surface area contributed by atoms with E-state index in [2.05, 4.69) is 26.2 Å². The minimum atomic E-state index is -0.801. The molecule has 1 N–H and O–H groups in total. The average molecular weight is 354 g/mol. The lowest BCUT2D eigenvalue weighted by Crippen LogP contribution is -2.15. The van der Waals surface area contributed by atoms with Gasteiger partial charge in [0, 0.05) is 0 Å². The zero-order valence-electron chi connectivity index (χ0n) is 10.8. The maximum atomic E-state index is 13.1. The SMILES string of the molecule is Cc1nc(Br)ccc1NC(=O)c1ccc(F)cc1[N+](=O)[O-]. The van der Waals surface area contributed by atoms with Crippen LogP contribution in [0.2, 0.25) is 0 Å². The molecule has 1 aromatic carbocycles. The number of hydrogen-bond acceptors (Lipinski definition) is 4. The zero-order valence-corrected chi connectivity index (χ0v) is 12.3. The maximum absolute atomic E-state index is 13.1. The van der Waals surface area contributed by atoms with Crippen LogP contribution >= 0.6 is 15.9 Å². The van der Waals surface area contributed by atoms with Crippen molar-refractivity contribution < 1.29 is 14.1 Å². The molecule has 0 spiro atoms. The van der Waals surface area contributed by atoms with Gasteiger partial charge in [0.25, 0.3) is 11.6 Å². The number of benzene rings is 1. The molecule has 0 aliphatic rings. The van der Waals surface area contributed by atoms with Crippen LogP contribution in [0, 0.1) is 22.9 Å². The lowest BCUT2D eigenvalue weighted by Gasteiger charge is -2.08. The van der Waals surface area contributed by atoms with Crippen molar-refractivity contribution in [2.24, 2.45) is 0 Å². The Kier molecular flexibility index (Phi) is 4.27. The summed E-state index contributed by atoms with van der Waals surface area (Å²) in [4.78, 5) is 26.3. The molecular formula is C13H9BrFN3O3. The number of anilines is 1. The molecule has 0 bridgehead atoms. The minimum Gasteiger partial charge on any atom is -0.320 e. The quantitative estimate of drug-likeness (QED) is 0.520. The monoisotopic (exact) mass is 353 g/mol. The number of carbonyl (C=O) groups is 1. The fourth-order valence-electron chi connectivity index (χ4n) is 1.70. The average Bonchev–Trinajstić information content (AvgIpc) is 2.41. The van der Waals surface area contributed by atoms with Crippen molar-refractivity contribution in [3.05, 3.63) is 62.1 Å². The second kappa shape index (κ2) is 5.96. The zero-order chi connectivity index (χ0) is 15.6. The van der Waals surface area contributed by atoms with Gasteiger partial charge >= 0.3 is 0 Å². The molecule has 0 saturated carbocycles. The van der Waals surface area contributed by atoms with Gasteiger partial charge in [-0.05, 0) is 47.1 Å². The molecule has 1 amide bonds. The van der Waals surface area contributed by atoms with E-state index in [9.17, 15) is 19.3 Å². The van der Waals surface area contributed by atoms with Crippen LogP contribution in [0.4, 0.5) is 15.8 Å². The Bertz CT molecular complexity index is 737. The smallest absolute Gasteiger partial charge is 0.285 e. The Morgan fingerprint density at radius 3 is 2.71 bits per heavy atom. The van der Waals surface area contributed by atoms with Gasteiger partial charge in [0.1, 0.15) is 16.0 Å². The summed E-state index contributed by atoms with van der Waals surface area (Å²) >= 11 is 3.19. The molecule has 0 atom stereocenters. The molecule has 0 radical (unpaired) electrons. The Balaban J connectivity index is 2.34. The largest absolute Gasteiger partial charge is 0.320 e. The number of nitro benzene ring substituents is 1. The number of nitrogens with zero attached hydrogens (tertiary/aromatic N) is 2. The van der Waals surface area contributed by atoms with Gasteiger partial charge in [0.05, 0.1) is 22.4 Å². The number of nitrogens with one attached hydrogen (secondary N) is 1. The second-order valence-electron chi connectivity index (χ2n) is 4.14. The number of hydrogen-bond donors (Lipinski definition) is 1. The van der Waals surface area contributed by atoms with Crippen molar-refractivity contribution in [3.8, 4) is 0 Å². The minimum absolute atomic E-state index is 0.219. The number of aryl methyl sites for hydroxylation is 1. The van der Waals surface area contributed by atoms with Gasteiger partial charge in [-0.3, -0.25) is 14.9 Å². The maximum Gasteiger partial charge on any atom is 0.285 e. The van der Waals surface area contributed by atoms with Gasteiger partial charge in [0.15, 0.2) is 0 Å². The van der Waals surface area contributed by atoms with Gasteiger partial charge in [0.2, 0.25) is 0 Å². The van der Waals surface area contributed by atoms with E-state index in [-0.39, 0.29) is 5.56 Å². The summed E-state index contributed by atoms with van der Waals surface area (Å²) in [6.07, 6.45) is 0. The number of carbonyl (C=O) groups excluding carboxylic acids is 1. The summed E-state index contributed by atoms with van der Waals surface area (Å²) < 4.78 is 13.7. The third kappa shape index (κ3) is 3.40. The molecule has 0 fully saturated rings. The molecule has 8 heteroatoms. The van der Waals surface area contributed by atoms with Gasteiger partial charge in [-0.1, -0.05) is 0 Å². The molecule has 1 aromatic heterocycles. The molecule has 0 saturated heterocycles. The summed E-state index contributed by atoms with van der Waals surface area (Å²) in [5, 5.41) is 13.4. The van der Waals surface area contributed by atoms with E-state index in [1.807, 2.05) is 0 Å². The summed E-state index contributed by atoms with van der Waals surface area (Å²) in [5.74, 6) is -1.48. The van der Waals surface area contributed by atoms with Crippen molar-refractivity contribution >= 4 is 33.2 Å². The standard InChI is InChI=1S/C13H9BrFN3O3/c1-7-10(4-5-12(14)16-7)17-13(19)9-3-2-8(15)6-11(9)18(20)21/h2-6H,1H3,(H,17,19). The summed E-state index contributed by atoms with van der Waals surface area (Å²) in [6, 6.07) is 6.02. The first-order chi connectivity index (χ1) is 9.88. The molecule has 0 aliphatic heterocycles. The predicted octanol–water partition coefficient (Wildman–Crippen LogP) is 3.45. The number of rotatable bonds is 3. The van der Waals surface area contributed by atoms with Gasteiger partial charge in [-0.2, -0.15) is 0 Å². The lowest BCUT2D eigenvalue weighted by molar-refractivity contribution is -0.385. The highest BCUT2D eigenvalue weighted by Gasteiger charge is 2.21. The van der Waals surface area contributed by atoms with Crippen molar-refractivity contribution in [1.29, 1.82) is 0 Å². The van der Waals surface area contributed by atoms with Crippen molar-refractivity contribution in [3.63, 3.8) is 0 Å². The first kappa shape index (κ1) is 15.0. The van der Waals surface area contributed by atoms with Crippen molar-refractivity contribution in [2.75, 3.05) is 5.32 Å². The highest BCUT2D eigenvalue weighted by Crippen LogP contribution is 2.22. The van der Waals surface area contributed by atoms with Gasteiger partial charge in [-0.15, -0.1) is 0 Å². The van der Waals surface area contributed by atoms with Gasteiger partial charge < -0.3 is 5.32 Å². The highest BCUT2D eigenvalue weighted by molar-refractivity contribution is 9.10. The first-order valence-corrected chi connectivity index (χ1v) is 6.56. The second-order valence-corrected chi connectivity index (χ2v) is 4.95. The molecule has 2 rings (SSSR count). The fraction of sp³-hybridized carbons (Fsp3) is 0.0769. The topological polar surface area (TPSA) is 85.1 Å². The predicted molar refractivity (Wildman–Crippen MR) is 77.7 cm³/mol. The summed E-state index contributed by atoms with van der Waals surface area (Å²) in [5.41, 5.74) is 0.156. The van der Waals surface area contributed by atoms with E-state index in [1.54, 1.807) is 19.1 Å². The summed E-state index contributed by atoms with van der Waals surface area (Å²) in [6.45, 7) is 1.68. The van der Waals surface area contributed by atoms with E-state index < -0.39 is 22.3 Å². The highest BCUT2D eigenvalue weighted by atomic mass is 79.9. The Morgan fingerprint density at radius 1 is 1.38 bits per heavy atom. The van der Waals surface area contributed by atoms with Crippen molar-refractivity contribution in [1.82, 2.24) is 4.98 Å². The Labute approximate surface area is 127 Å². The Morgan fingerprint density at radius 2 is 2.10 bits per heavy atom. The third-order valence-electron chi connectivity index (χ3n) is 2.70. The van der Waals surface area contributed by atoms with Crippen LogP contribution in [0.5, 0.6) is 0 Å². The van der Waals surface area contributed by atoms with E-state index >= 15 is 0 Å². The van der Waals surface area contributed by atoms with E-state index in [0.29, 0.717) is 22.1 Å². The third-order valence-corrected chi connectivity index (χ3v) is 3.14. The molecule has 1 heterocycles. The normalized spacial score (nSPS) is 10.2. The molecule has 21 heavy (non-hydrogen) atoms. The van der Waals surface area contributed by atoms with Crippen LogP contribution in [0.15, 0.2) is 34.9 Å². The van der Waals surface area contributed by atoms with E-state index in [1.165, 1.54) is 0 Å². The van der Waals surface area contributed by atoms with Crippen LogP contribution in [-0.2, 0) is 0 Å². The lowest BCUT2D eigenvalue weighted by atomic mass is 10.1. The number of pyridine rings is 1. The van der Waals surface area contributed by atoms with E-state index in [0.717, 1.165) is 12.1 Å². The number of aromatic nitrogens is 1. The molecule has 2 aromatic rings. The van der Waals surface area contributed by atoms with Gasteiger partial charge in [-0.25, -0.2) is 9.37 Å². The number of halogens is 2. The molecule has 6 nitrogen and oxygen atoms in total. The molecule has 108 valence electrons. The number of nitro groups is 1. The van der Waals surface area contributed by atoms with Crippen LogP contribution in [-0.4, -0.2) is 15.8 Å². The van der Waals surface area contributed by atoms with E-state index in [4.69, 9.17) is 0 Å². The molecule has 0 unspecified atom stereocenters. The van der Waals surface area contributed by atoms with Crippen molar-refractivity contribution in [2.45, 2.75) is 6.92 Å². The first-order valence-electron chi connectivity index (χ1n) is 5.77. The fourth-order valence-corrected chi connectivity index (χ4v) is 2.10. The number of amides is 1. The summed E-state index contributed by atoms with van der Waals surface area (Å²) in [7, 11) is 0. The van der Waals surface area contributed by atoms with Crippen LogP contribution in [0.1, 0.15) is 16.1 Å². The Hall–Kier alpha value is -2.35. The molecular weight excluding hydrogens is 345 g/mol. The van der Waals surface area contributed by atoms with Crippen LogP contribution in [0.3, 0.4) is 0 Å². The van der Waals surface area contributed by atoms with Crippen LogP contribution in [0.25, 0.3) is 0 Å². The van der Waals surface area contributed by atoms with Crippen LogP contribution < -0.4 is 5.32 Å².